The molecule has 0 bridgehead atoms. The van der Waals surface area contributed by atoms with Gasteiger partial charge < -0.3 is 4.42 Å². The van der Waals surface area contributed by atoms with Crippen LogP contribution in [0.2, 0.25) is 0 Å². The molecule has 0 aliphatic carbocycles. The molecule has 0 N–H and O–H groups in total. The van der Waals surface area contributed by atoms with Gasteiger partial charge in [0.15, 0.2) is 0 Å². The minimum atomic E-state index is 0.916. The zero-order chi connectivity index (χ0) is 34.9. The largest absolute Gasteiger partial charge is 0.455 e. The zero-order valence-electron chi connectivity index (χ0n) is 28.9. The second kappa shape index (κ2) is 11.8. The fourth-order valence-corrected chi connectivity index (χ4v) is 8.67. The number of para-hydroxylation sites is 1. The first-order valence-corrected chi connectivity index (χ1v) is 18.3. The van der Waals surface area contributed by atoms with E-state index in [2.05, 4.69) is 188 Å². The molecule has 0 atom stereocenters. The minimum Gasteiger partial charge on any atom is -0.455 e. The summed E-state index contributed by atoms with van der Waals surface area (Å²) in [5.74, 6) is 0. The maximum Gasteiger partial charge on any atom is 0.143 e. The smallest absolute Gasteiger partial charge is 0.143 e. The summed E-state index contributed by atoms with van der Waals surface area (Å²) in [5, 5.41) is 12.1. The van der Waals surface area contributed by atoms with Gasteiger partial charge in [0, 0.05) is 16.2 Å². The lowest BCUT2D eigenvalue weighted by atomic mass is 9.85. The minimum absolute atomic E-state index is 0.916. The van der Waals surface area contributed by atoms with E-state index in [9.17, 15) is 0 Å². The molecular formula is C52H32O. The molecule has 1 heteroatoms. The van der Waals surface area contributed by atoms with Crippen LogP contribution in [-0.4, -0.2) is 0 Å². The maximum atomic E-state index is 6.44. The molecule has 0 aliphatic rings. The molecule has 0 saturated carbocycles. The van der Waals surface area contributed by atoms with Crippen molar-refractivity contribution < 1.29 is 4.42 Å². The second-order valence-corrected chi connectivity index (χ2v) is 14.0. The Morgan fingerprint density at radius 1 is 0.264 bits per heavy atom. The summed E-state index contributed by atoms with van der Waals surface area (Å²) in [6, 6.07) is 70.6. The third kappa shape index (κ3) is 4.64. The number of benzene rings is 10. The van der Waals surface area contributed by atoms with Crippen molar-refractivity contribution in [3.63, 3.8) is 0 Å². The van der Waals surface area contributed by atoms with Crippen LogP contribution >= 0.6 is 0 Å². The molecule has 11 rings (SSSR count). The first-order chi connectivity index (χ1) is 26.3. The van der Waals surface area contributed by atoms with Crippen molar-refractivity contribution in [2.24, 2.45) is 0 Å². The summed E-state index contributed by atoms with van der Waals surface area (Å²) in [7, 11) is 0. The van der Waals surface area contributed by atoms with Crippen molar-refractivity contribution in [3.8, 4) is 44.5 Å². The highest BCUT2D eigenvalue weighted by atomic mass is 16.3. The van der Waals surface area contributed by atoms with Gasteiger partial charge in [-0.2, -0.15) is 0 Å². The maximum absolute atomic E-state index is 6.44. The average molecular weight is 673 g/mol. The lowest BCUT2D eigenvalue weighted by molar-refractivity contribution is 0.672. The van der Waals surface area contributed by atoms with E-state index in [0.29, 0.717) is 0 Å². The van der Waals surface area contributed by atoms with Crippen LogP contribution in [-0.2, 0) is 0 Å². The Morgan fingerprint density at radius 3 is 1.49 bits per heavy atom. The lowest BCUT2D eigenvalue weighted by Crippen LogP contribution is -1.91. The SMILES string of the molecule is c1cc(-c2c3ccccc3c(-c3ccc(-c4cccc5ccccc45)cc3)c3ccccc23)cc(-c2cc3c4ccccc4oc3c3ccccc23)c1. The van der Waals surface area contributed by atoms with Crippen molar-refractivity contribution in [1.82, 2.24) is 0 Å². The first-order valence-electron chi connectivity index (χ1n) is 18.3. The molecule has 0 radical (unpaired) electrons. The first kappa shape index (κ1) is 29.7. The van der Waals surface area contributed by atoms with Gasteiger partial charge in [-0.05, 0) is 100 Å². The van der Waals surface area contributed by atoms with Crippen LogP contribution in [0.5, 0.6) is 0 Å². The van der Waals surface area contributed by atoms with Crippen molar-refractivity contribution in [3.05, 3.63) is 194 Å². The van der Waals surface area contributed by atoms with Crippen LogP contribution in [0.3, 0.4) is 0 Å². The summed E-state index contributed by atoms with van der Waals surface area (Å²) in [4.78, 5) is 0. The van der Waals surface area contributed by atoms with Crippen molar-refractivity contribution >= 4 is 65.0 Å². The number of rotatable bonds is 4. The highest BCUT2D eigenvalue weighted by Gasteiger charge is 2.19. The molecule has 0 amide bonds. The molecule has 0 aliphatic heterocycles. The molecule has 0 fully saturated rings. The zero-order valence-corrected chi connectivity index (χ0v) is 28.9. The lowest BCUT2D eigenvalue weighted by Gasteiger charge is -2.18. The Hall–Kier alpha value is -6.96. The normalized spacial score (nSPS) is 11.8. The number of hydrogen-bond acceptors (Lipinski definition) is 1. The third-order valence-corrected chi connectivity index (χ3v) is 11.1. The van der Waals surface area contributed by atoms with Gasteiger partial charge in [-0.25, -0.2) is 0 Å². The molecule has 10 aromatic carbocycles. The predicted octanol–water partition coefficient (Wildman–Crippen LogP) is 14.9. The van der Waals surface area contributed by atoms with Crippen LogP contribution in [0.4, 0.5) is 0 Å². The summed E-state index contributed by atoms with van der Waals surface area (Å²) in [6.45, 7) is 0. The van der Waals surface area contributed by atoms with E-state index in [4.69, 9.17) is 4.42 Å². The van der Waals surface area contributed by atoms with Gasteiger partial charge in [0.1, 0.15) is 11.2 Å². The summed E-state index contributed by atoms with van der Waals surface area (Å²) >= 11 is 0. The van der Waals surface area contributed by atoms with E-state index in [1.807, 2.05) is 6.07 Å². The second-order valence-electron chi connectivity index (χ2n) is 14.0. The number of fused-ring (bicyclic) bond motifs is 8. The van der Waals surface area contributed by atoms with E-state index in [1.54, 1.807) is 0 Å². The fourth-order valence-electron chi connectivity index (χ4n) is 8.67. The molecule has 11 aromatic rings. The van der Waals surface area contributed by atoms with Gasteiger partial charge in [-0.15, -0.1) is 0 Å². The molecule has 246 valence electrons. The van der Waals surface area contributed by atoms with E-state index in [-0.39, 0.29) is 0 Å². The summed E-state index contributed by atoms with van der Waals surface area (Å²) < 4.78 is 6.44. The predicted molar refractivity (Wildman–Crippen MR) is 225 cm³/mol. The number of hydrogen-bond donors (Lipinski definition) is 0. The van der Waals surface area contributed by atoms with Crippen LogP contribution < -0.4 is 0 Å². The number of furan rings is 1. The van der Waals surface area contributed by atoms with Gasteiger partial charge >= 0.3 is 0 Å². The van der Waals surface area contributed by atoms with Crippen LogP contribution in [0.25, 0.3) is 110 Å². The standard InChI is InChI=1S/C52H32O/c1-2-17-38-33(13-1)14-12-25-39(38)34-27-29-35(30-28-34)50-42-20-4-6-22-44(42)51(45-23-7-5-21-43(45)50)37-16-11-15-36(31-37)47-32-48-41-19-9-10-26-49(41)53-52(48)46-24-8-3-18-40(46)47/h1-32H. The van der Waals surface area contributed by atoms with Crippen LogP contribution in [0.15, 0.2) is 199 Å². The Morgan fingerprint density at radius 2 is 0.774 bits per heavy atom. The molecule has 1 heterocycles. The highest BCUT2D eigenvalue weighted by molar-refractivity contribution is 6.22. The Kier molecular flexibility index (Phi) is 6.62. The van der Waals surface area contributed by atoms with Crippen molar-refractivity contribution in [2.75, 3.05) is 0 Å². The summed E-state index contributed by atoms with van der Waals surface area (Å²) in [5.41, 5.74) is 11.7. The van der Waals surface area contributed by atoms with E-state index < -0.39 is 0 Å². The Bertz CT molecular complexity index is 3150. The topological polar surface area (TPSA) is 13.1 Å². The van der Waals surface area contributed by atoms with Crippen molar-refractivity contribution in [1.29, 1.82) is 0 Å². The van der Waals surface area contributed by atoms with E-state index in [1.165, 1.54) is 82.2 Å². The Balaban J connectivity index is 1.11. The molecule has 0 unspecified atom stereocenters. The van der Waals surface area contributed by atoms with E-state index >= 15 is 0 Å². The Labute approximate surface area is 307 Å². The monoisotopic (exact) mass is 672 g/mol. The van der Waals surface area contributed by atoms with Gasteiger partial charge in [-0.3, -0.25) is 0 Å². The molecule has 1 nitrogen and oxygen atoms in total. The molecule has 0 spiro atoms. The van der Waals surface area contributed by atoms with Gasteiger partial charge in [0.2, 0.25) is 0 Å². The van der Waals surface area contributed by atoms with Gasteiger partial charge in [-0.1, -0.05) is 176 Å². The summed E-state index contributed by atoms with van der Waals surface area (Å²) in [6.07, 6.45) is 0. The highest BCUT2D eigenvalue weighted by Crippen LogP contribution is 2.46. The van der Waals surface area contributed by atoms with Crippen LogP contribution in [0.1, 0.15) is 0 Å². The van der Waals surface area contributed by atoms with Gasteiger partial charge in [0.25, 0.3) is 0 Å². The van der Waals surface area contributed by atoms with Gasteiger partial charge in [0.05, 0.1) is 0 Å². The van der Waals surface area contributed by atoms with Crippen molar-refractivity contribution in [2.45, 2.75) is 0 Å². The van der Waals surface area contributed by atoms with Crippen LogP contribution in [0, 0.1) is 0 Å². The molecular weight excluding hydrogens is 641 g/mol. The average Bonchev–Trinajstić information content (AvgIpc) is 3.61. The fraction of sp³-hybridized carbons (Fsp3) is 0. The molecule has 53 heavy (non-hydrogen) atoms. The molecule has 1 aromatic heterocycles. The quantitative estimate of drug-likeness (QED) is 0.170. The third-order valence-electron chi connectivity index (χ3n) is 11.1. The van der Waals surface area contributed by atoms with E-state index in [0.717, 1.165) is 27.3 Å². The molecule has 0 saturated heterocycles.